The average Bonchev–Trinajstić information content (AvgIpc) is 2.78. The number of esters is 1. The van der Waals surface area contributed by atoms with Gasteiger partial charge in [0.15, 0.2) is 5.92 Å². The lowest BCUT2D eigenvalue weighted by atomic mass is 9.75. The van der Waals surface area contributed by atoms with Gasteiger partial charge in [0.05, 0.1) is 6.54 Å². The fraction of sp³-hybridized carbons (Fsp3) is 0.444. The average molecular weight is 530 g/mol. The number of ether oxygens (including phenoxy) is 1. The van der Waals surface area contributed by atoms with Crippen molar-refractivity contribution in [2.75, 3.05) is 0 Å². The molecule has 2 aliphatic rings. The lowest BCUT2D eigenvalue weighted by molar-refractivity contribution is -0.161. The van der Waals surface area contributed by atoms with Crippen LogP contribution in [0.25, 0.3) is 0 Å². The molecule has 1 aliphatic heterocycles. The summed E-state index contributed by atoms with van der Waals surface area (Å²) < 4.78 is 21.1. The van der Waals surface area contributed by atoms with E-state index in [-0.39, 0.29) is 29.7 Å². The summed E-state index contributed by atoms with van der Waals surface area (Å²) >= 11 is 3.21. The van der Waals surface area contributed by atoms with Gasteiger partial charge in [-0.05, 0) is 54.4 Å². The van der Waals surface area contributed by atoms with Gasteiger partial charge in [-0.3, -0.25) is 19.3 Å². The van der Waals surface area contributed by atoms with Crippen molar-refractivity contribution < 1.29 is 23.5 Å². The molecule has 0 aromatic heterocycles. The first kappa shape index (κ1) is 24.6. The van der Waals surface area contributed by atoms with Crippen LogP contribution >= 0.6 is 15.9 Å². The van der Waals surface area contributed by atoms with E-state index in [1.54, 1.807) is 30.3 Å². The molecular formula is C27H29BrFNO4. The predicted molar refractivity (Wildman–Crippen MR) is 129 cm³/mol. The monoisotopic (exact) mass is 529 g/mol. The predicted octanol–water partition coefficient (Wildman–Crippen LogP) is 5.86. The Bertz CT molecular complexity index is 1120. The van der Waals surface area contributed by atoms with Gasteiger partial charge in [0.1, 0.15) is 11.9 Å². The first-order chi connectivity index (χ1) is 16.2. The summed E-state index contributed by atoms with van der Waals surface area (Å²) in [6.07, 6.45) is 2.54. The molecule has 4 rings (SSSR count). The van der Waals surface area contributed by atoms with E-state index in [1.165, 1.54) is 12.1 Å². The maximum Gasteiger partial charge on any atom is 0.323 e. The highest BCUT2D eigenvalue weighted by atomic mass is 79.9. The molecule has 0 bridgehead atoms. The molecule has 7 heteroatoms. The van der Waals surface area contributed by atoms with Crippen molar-refractivity contribution in [3.8, 4) is 0 Å². The normalized spacial score (nSPS) is 24.8. The van der Waals surface area contributed by atoms with Gasteiger partial charge in [-0.25, -0.2) is 4.39 Å². The zero-order valence-electron chi connectivity index (χ0n) is 19.6. The van der Waals surface area contributed by atoms with Crippen LogP contribution in [0.3, 0.4) is 0 Å². The number of carbonyl (C=O) groups excluding carboxylic acids is 3. The van der Waals surface area contributed by atoms with Crippen LogP contribution in [-0.2, 0) is 20.9 Å². The van der Waals surface area contributed by atoms with Gasteiger partial charge < -0.3 is 4.74 Å². The minimum atomic E-state index is -1.25. The number of imide groups is 1. The largest absolute Gasteiger partial charge is 0.461 e. The second-order valence-corrected chi connectivity index (χ2v) is 10.7. The minimum Gasteiger partial charge on any atom is -0.461 e. The molecule has 1 unspecified atom stereocenters. The SMILES string of the molecule is CC(C)[C@@H]1CC[C@@H](C)C[C@H]1OC(=O)C1C(=O)N(Cc2ccc(Br)cc2F)C(=O)c2ccccc21. The summed E-state index contributed by atoms with van der Waals surface area (Å²) in [4.78, 5) is 41.1. The minimum absolute atomic E-state index is 0.192. The Labute approximate surface area is 207 Å². The van der Waals surface area contributed by atoms with Gasteiger partial charge in [-0.1, -0.05) is 67.4 Å². The molecule has 1 fully saturated rings. The van der Waals surface area contributed by atoms with Crippen LogP contribution < -0.4 is 0 Å². The van der Waals surface area contributed by atoms with Gasteiger partial charge in [0.25, 0.3) is 5.91 Å². The van der Waals surface area contributed by atoms with Crippen molar-refractivity contribution in [3.63, 3.8) is 0 Å². The first-order valence-corrected chi connectivity index (χ1v) is 12.6. The lowest BCUT2D eigenvalue weighted by Crippen LogP contribution is -2.48. The highest BCUT2D eigenvalue weighted by Gasteiger charge is 2.45. The molecule has 1 saturated carbocycles. The number of nitrogens with zero attached hydrogens (tertiary/aromatic N) is 1. The topological polar surface area (TPSA) is 63.7 Å². The molecule has 2 aromatic carbocycles. The molecule has 0 radical (unpaired) electrons. The number of benzene rings is 2. The molecule has 0 spiro atoms. The smallest absolute Gasteiger partial charge is 0.323 e. The highest BCUT2D eigenvalue weighted by Crippen LogP contribution is 2.38. The molecule has 0 N–H and O–H groups in total. The number of halogens is 2. The van der Waals surface area contributed by atoms with Crippen molar-refractivity contribution in [2.24, 2.45) is 17.8 Å². The molecule has 4 atom stereocenters. The van der Waals surface area contributed by atoms with Gasteiger partial charge in [-0.2, -0.15) is 0 Å². The van der Waals surface area contributed by atoms with Crippen LogP contribution in [0.1, 0.15) is 67.4 Å². The van der Waals surface area contributed by atoms with Crippen LogP contribution in [0.15, 0.2) is 46.9 Å². The van der Waals surface area contributed by atoms with E-state index < -0.39 is 29.5 Å². The molecule has 2 amide bonds. The number of fused-ring (bicyclic) bond motifs is 1. The van der Waals surface area contributed by atoms with E-state index in [0.29, 0.717) is 21.9 Å². The zero-order chi connectivity index (χ0) is 24.6. The van der Waals surface area contributed by atoms with Gasteiger partial charge >= 0.3 is 5.97 Å². The summed E-state index contributed by atoms with van der Waals surface area (Å²) in [5.74, 6) is -2.65. The maximum absolute atomic E-state index is 14.5. The van der Waals surface area contributed by atoms with Crippen molar-refractivity contribution in [2.45, 2.75) is 58.6 Å². The van der Waals surface area contributed by atoms with Gasteiger partial charge in [0.2, 0.25) is 5.91 Å². The Kier molecular flexibility index (Phi) is 7.22. The van der Waals surface area contributed by atoms with Crippen LogP contribution in [0.2, 0.25) is 0 Å². The van der Waals surface area contributed by atoms with E-state index in [1.807, 2.05) is 0 Å². The van der Waals surface area contributed by atoms with Gasteiger partial charge in [-0.15, -0.1) is 0 Å². The molecular weight excluding hydrogens is 501 g/mol. The molecule has 1 aliphatic carbocycles. The van der Waals surface area contributed by atoms with Crippen molar-refractivity contribution >= 4 is 33.7 Å². The van der Waals surface area contributed by atoms with Crippen molar-refractivity contribution in [1.29, 1.82) is 0 Å². The van der Waals surface area contributed by atoms with Crippen molar-refractivity contribution in [1.82, 2.24) is 4.90 Å². The third kappa shape index (κ3) is 4.81. The molecule has 180 valence electrons. The quantitative estimate of drug-likeness (QED) is 0.276. The van der Waals surface area contributed by atoms with Crippen molar-refractivity contribution in [3.05, 3.63) is 69.4 Å². The molecule has 2 aromatic rings. The van der Waals surface area contributed by atoms with Crippen LogP contribution in [0, 0.1) is 23.6 Å². The number of carbonyl (C=O) groups is 3. The number of rotatable bonds is 5. The van der Waals surface area contributed by atoms with E-state index in [0.717, 1.165) is 24.2 Å². The Balaban J connectivity index is 1.65. The van der Waals surface area contributed by atoms with Crippen LogP contribution in [0.4, 0.5) is 4.39 Å². The standard InChI is InChI=1S/C27H29BrFNO4/c1-15(2)19-11-8-16(3)12-23(19)34-27(33)24-20-6-4-5-7-21(20)25(31)30(26(24)32)14-17-9-10-18(28)13-22(17)29/h4-7,9-10,13,15-16,19,23-24H,8,11-12,14H2,1-3H3/t16-,19+,23-,24?/m1/s1. The fourth-order valence-electron chi connectivity index (χ4n) is 5.14. The molecule has 34 heavy (non-hydrogen) atoms. The third-order valence-electron chi connectivity index (χ3n) is 7.07. The summed E-state index contributed by atoms with van der Waals surface area (Å²) in [5.41, 5.74) is 0.802. The van der Waals surface area contributed by atoms with E-state index in [9.17, 15) is 18.8 Å². The summed E-state index contributed by atoms with van der Waals surface area (Å²) in [6, 6.07) is 11.0. The third-order valence-corrected chi connectivity index (χ3v) is 7.56. The van der Waals surface area contributed by atoms with E-state index >= 15 is 0 Å². The lowest BCUT2D eigenvalue weighted by Gasteiger charge is -2.38. The fourth-order valence-corrected chi connectivity index (χ4v) is 5.48. The van der Waals surface area contributed by atoms with Crippen LogP contribution in [-0.4, -0.2) is 28.8 Å². The summed E-state index contributed by atoms with van der Waals surface area (Å²) in [5, 5.41) is 0. The molecule has 0 saturated heterocycles. The van der Waals surface area contributed by atoms with E-state index in [4.69, 9.17) is 4.74 Å². The van der Waals surface area contributed by atoms with E-state index in [2.05, 4.69) is 36.7 Å². The highest BCUT2D eigenvalue weighted by molar-refractivity contribution is 9.10. The zero-order valence-corrected chi connectivity index (χ0v) is 21.2. The number of hydrogen-bond donors (Lipinski definition) is 0. The Morgan fingerprint density at radius 1 is 1.18 bits per heavy atom. The Morgan fingerprint density at radius 3 is 2.62 bits per heavy atom. The maximum atomic E-state index is 14.5. The molecule has 1 heterocycles. The summed E-state index contributed by atoms with van der Waals surface area (Å²) in [6.45, 7) is 6.13. The Morgan fingerprint density at radius 2 is 1.91 bits per heavy atom. The number of amides is 2. The number of hydrogen-bond acceptors (Lipinski definition) is 4. The second-order valence-electron chi connectivity index (χ2n) is 9.79. The summed E-state index contributed by atoms with van der Waals surface area (Å²) in [7, 11) is 0. The van der Waals surface area contributed by atoms with Crippen LogP contribution in [0.5, 0.6) is 0 Å². The Hall–Kier alpha value is -2.54. The second kappa shape index (κ2) is 9.98. The molecule has 5 nitrogen and oxygen atoms in total. The first-order valence-electron chi connectivity index (χ1n) is 11.8. The van der Waals surface area contributed by atoms with Gasteiger partial charge in [0, 0.05) is 15.6 Å².